The third-order valence-corrected chi connectivity index (χ3v) is 3.58. The van der Waals surface area contributed by atoms with Gasteiger partial charge in [-0.15, -0.1) is 22.7 Å². The summed E-state index contributed by atoms with van der Waals surface area (Å²) >= 11 is 2.75. The number of carbonyl (C=O) groups is 1. The molecule has 0 bridgehead atoms. The molecule has 0 aliphatic heterocycles. The van der Waals surface area contributed by atoms with E-state index in [1.54, 1.807) is 6.20 Å². The molecule has 78 valence electrons. The van der Waals surface area contributed by atoms with E-state index < -0.39 is 5.91 Å². The molecule has 0 saturated carbocycles. The number of thiazole rings is 2. The van der Waals surface area contributed by atoms with Gasteiger partial charge in [0.1, 0.15) is 0 Å². The second-order valence-corrected chi connectivity index (χ2v) is 4.57. The van der Waals surface area contributed by atoms with Crippen LogP contribution in [0, 0.1) is 0 Å². The Morgan fingerprint density at radius 2 is 2.40 bits per heavy atom. The van der Waals surface area contributed by atoms with E-state index in [2.05, 4.69) is 15.3 Å². The Hall–Kier alpha value is -1.47. The molecule has 7 heteroatoms. The predicted molar refractivity (Wildman–Crippen MR) is 61.3 cm³/mol. The van der Waals surface area contributed by atoms with Crippen molar-refractivity contribution in [2.24, 2.45) is 5.73 Å². The van der Waals surface area contributed by atoms with Crippen LogP contribution in [0.15, 0.2) is 11.6 Å². The normalized spacial score (nSPS) is 10.2. The zero-order valence-electron chi connectivity index (χ0n) is 7.85. The lowest BCUT2D eigenvalue weighted by atomic mass is 10.4. The summed E-state index contributed by atoms with van der Waals surface area (Å²) in [5, 5.41) is 6.00. The minimum atomic E-state index is -0.504. The quantitative estimate of drug-likeness (QED) is 0.850. The molecule has 15 heavy (non-hydrogen) atoms. The van der Waals surface area contributed by atoms with Crippen LogP contribution in [-0.4, -0.2) is 22.9 Å². The molecular formula is C8H8N4OS2. The molecule has 0 unspecified atom stereocenters. The van der Waals surface area contributed by atoms with Gasteiger partial charge in [-0.3, -0.25) is 4.79 Å². The van der Waals surface area contributed by atoms with Crippen LogP contribution in [0.5, 0.6) is 0 Å². The van der Waals surface area contributed by atoms with Crippen LogP contribution in [0.25, 0.3) is 10.6 Å². The Kier molecular flexibility index (Phi) is 2.65. The first-order valence-corrected chi connectivity index (χ1v) is 5.79. The maximum absolute atomic E-state index is 10.8. The summed E-state index contributed by atoms with van der Waals surface area (Å²) in [6.07, 6.45) is 1.61. The highest BCUT2D eigenvalue weighted by molar-refractivity contribution is 7.18. The van der Waals surface area contributed by atoms with Crippen LogP contribution in [0.1, 0.15) is 9.80 Å². The second-order valence-electron chi connectivity index (χ2n) is 2.68. The van der Waals surface area contributed by atoms with E-state index in [1.165, 1.54) is 22.7 Å². The third kappa shape index (κ3) is 1.97. The molecule has 0 aliphatic carbocycles. The standard InChI is InChI=1S/C8H8N4OS2/c1-10-8-12-4(3-14-8)5-2-11-7(15-5)6(9)13/h2-3H,1H3,(H2,9,13)(H,10,12). The first-order valence-electron chi connectivity index (χ1n) is 4.10. The van der Waals surface area contributed by atoms with E-state index in [4.69, 9.17) is 5.73 Å². The summed E-state index contributed by atoms with van der Waals surface area (Å²) in [4.78, 5) is 19.9. The number of amides is 1. The van der Waals surface area contributed by atoms with Crippen LogP contribution in [0.3, 0.4) is 0 Å². The molecule has 0 radical (unpaired) electrons. The SMILES string of the molecule is CNc1nc(-c2cnc(C(N)=O)s2)cs1. The molecule has 1 amide bonds. The molecule has 2 heterocycles. The van der Waals surface area contributed by atoms with Crippen LogP contribution in [0.4, 0.5) is 5.13 Å². The number of hydrogen-bond donors (Lipinski definition) is 2. The molecule has 0 fully saturated rings. The first-order chi connectivity index (χ1) is 7.20. The van der Waals surface area contributed by atoms with Gasteiger partial charge < -0.3 is 11.1 Å². The monoisotopic (exact) mass is 240 g/mol. The highest BCUT2D eigenvalue weighted by Gasteiger charge is 2.10. The van der Waals surface area contributed by atoms with Gasteiger partial charge in [-0.25, -0.2) is 9.97 Å². The number of nitrogens with one attached hydrogen (secondary N) is 1. The minimum Gasteiger partial charge on any atom is -0.365 e. The molecule has 2 rings (SSSR count). The van der Waals surface area contributed by atoms with E-state index in [-0.39, 0.29) is 0 Å². The van der Waals surface area contributed by atoms with Crippen molar-refractivity contribution in [3.05, 3.63) is 16.6 Å². The number of carbonyl (C=O) groups excluding carboxylic acids is 1. The maximum atomic E-state index is 10.8. The van der Waals surface area contributed by atoms with Crippen molar-refractivity contribution in [2.45, 2.75) is 0 Å². The van der Waals surface area contributed by atoms with Gasteiger partial charge in [0.15, 0.2) is 10.1 Å². The van der Waals surface area contributed by atoms with Gasteiger partial charge in [-0.2, -0.15) is 0 Å². The Morgan fingerprint density at radius 1 is 1.60 bits per heavy atom. The third-order valence-electron chi connectivity index (χ3n) is 1.69. The Bertz CT molecular complexity index is 490. The van der Waals surface area contributed by atoms with Crippen molar-refractivity contribution in [2.75, 3.05) is 12.4 Å². The highest BCUT2D eigenvalue weighted by atomic mass is 32.1. The van der Waals surface area contributed by atoms with Gasteiger partial charge in [0.2, 0.25) is 0 Å². The van der Waals surface area contributed by atoms with E-state index in [0.717, 1.165) is 15.7 Å². The second kappa shape index (κ2) is 3.95. The van der Waals surface area contributed by atoms with Crippen LogP contribution >= 0.6 is 22.7 Å². The number of nitrogens with two attached hydrogens (primary N) is 1. The minimum absolute atomic E-state index is 0.309. The molecule has 0 aliphatic rings. The fraction of sp³-hybridized carbons (Fsp3) is 0.125. The van der Waals surface area contributed by atoms with Gasteiger partial charge in [0.05, 0.1) is 10.6 Å². The molecule has 3 N–H and O–H groups in total. The topological polar surface area (TPSA) is 80.9 Å². The summed E-state index contributed by atoms with van der Waals surface area (Å²) in [6, 6.07) is 0. The van der Waals surface area contributed by atoms with Gasteiger partial charge in [0, 0.05) is 18.6 Å². The Morgan fingerprint density at radius 3 is 2.93 bits per heavy atom. The van der Waals surface area contributed by atoms with Crippen molar-refractivity contribution >= 4 is 33.7 Å². The summed E-state index contributed by atoms with van der Waals surface area (Å²) in [6.45, 7) is 0. The lowest BCUT2D eigenvalue weighted by molar-refractivity contribution is 0.1000. The fourth-order valence-corrected chi connectivity index (χ4v) is 2.48. The van der Waals surface area contributed by atoms with Gasteiger partial charge in [0.25, 0.3) is 5.91 Å². The summed E-state index contributed by atoms with van der Waals surface area (Å²) in [7, 11) is 1.81. The lowest BCUT2D eigenvalue weighted by Gasteiger charge is -1.88. The van der Waals surface area contributed by atoms with E-state index in [1.807, 2.05) is 12.4 Å². The average molecular weight is 240 g/mol. The average Bonchev–Trinajstić information content (AvgIpc) is 2.86. The molecular weight excluding hydrogens is 232 g/mol. The van der Waals surface area contributed by atoms with Crippen LogP contribution in [0.2, 0.25) is 0 Å². The number of hydrogen-bond acceptors (Lipinski definition) is 6. The van der Waals surface area contributed by atoms with Crippen molar-refractivity contribution in [1.82, 2.24) is 9.97 Å². The zero-order valence-corrected chi connectivity index (χ0v) is 9.48. The maximum Gasteiger partial charge on any atom is 0.277 e. The zero-order chi connectivity index (χ0) is 10.8. The number of nitrogens with zero attached hydrogens (tertiary/aromatic N) is 2. The van der Waals surface area contributed by atoms with Gasteiger partial charge in [-0.05, 0) is 0 Å². The van der Waals surface area contributed by atoms with Crippen molar-refractivity contribution in [3.8, 4) is 10.6 Å². The Balaban J connectivity index is 2.32. The van der Waals surface area contributed by atoms with E-state index >= 15 is 0 Å². The predicted octanol–water partition coefficient (Wildman–Crippen LogP) is 1.41. The largest absolute Gasteiger partial charge is 0.365 e. The summed E-state index contributed by atoms with van der Waals surface area (Å²) in [5.41, 5.74) is 5.93. The molecule has 5 nitrogen and oxygen atoms in total. The van der Waals surface area contributed by atoms with E-state index in [9.17, 15) is 4.79 Å². The summed E-state index contributed by atoms with van der Waals surface area (Å²) < 4.78 is 0. The first kappa shape index (κ1) is 10.1. The molecule has 0 spiro atoms. The number of anilines is 1. The number of aromatic nitrogens is 2. The smallest absolute Gasteiger partial charge is 0.277 e. The summed E-state index contributed by atoms with van der Waals surface area (Å²) in [5.74, 6) is -0.504. The fourth-order valence-electron chi connectivity index (χ4n) is 1.01. The van der Waals surface area contributed by atoms with Crippen LogP contribution in [-0.2, 0) is 0 Å². The van der Waals surface area contributed by atoms with Crippen molar-refractivity contribution in [1.29, 1.82) is 0 Å². The van der Waals surface area contributed by atoms with Crippen LogP contribution < -0.4 is 11.1 Å². The highest BCUT2D eigenvalue weighted by Crippen LogP contribution is 2.28. The van der Waals surface area contributed by atoms with Gasteiger partial charge in [-0.1, -0.05) is 0 Å². The molecule has 2 aromatic rings. The van der Waals surface area contributed by atoms with Gasteiger partial charge >= 0.3 is 0 Å². The van der Waals surface area contributed by atoms with E-state index in [0.29, 0.717) is 5.01 Å². The molecule has 0 atom stereocenters. The molecule has 2 aromatic heterocycles. The number of rotatable bonds is 3. The number of primary amides is 1. The molecule has 0 saturated heterocycles. The molecule has 0 aromatic carbocycles. The van der Waals surface area contributed by atoms with Crippen molar-refractivity contribution in [3.63, 3.8) is 0 Å². The Labute approximate surface area is 94.0 Å². The van der Waals surface area contributed by atoms with Crippen molar-refractivity contribution < 1.29 is 4.79 Å². The lowest BCUT2D eigenvalue weighted by Crippen LogP contribution is -2.09.